The summed E-state index contributed by atoms with van der Waals surface area (Å²) in [6.45, 7) is 3.37. The van der Waals surface area contributed by atoms with Gasteiger partial charge in [0.1, 0.15) is 11.5 Å². The van der Waals surface area contributed by atoms with E-state index in [-0.39, 0.29) is 17.5 Å². The van der Waals surface area contributed by atoms with Crippen LogP contribution in [-0.4, -0.2) is 31.5 Å². The van der Waals surface area contributed by atoms with Crippen molar-refractivity contribution in [1.82, 2.24) is 5.32 Å². The Bertz CT molecular complexity index is 433. The Morgan fingerprint density at radius 1 is 1.53 bits per heavy atom. The van der Waals surface area contributed by atoms with Crippen LogP contribution in [0.25, 0.3) is 0 Å². The van der Waals surface area contributed by atoms with Gasteiger partial charge in [0.05, 0.1) is 18.2 Å². The van der Waals surface area contributed by atoms with Crippen LogP contribution in [0.2, 0.25) is 5.02 Å². The first-order chi connectivity index (χ1) is 8.98. The van der Waals surface area contributed by atoms with Crippen LogP contribution in [0.4, 0.5) is 8.78 Å². The van der Waals surface area contributed by atoms with E-state index in [0.29, 0.717) is 25.2 Å². The van der Waals surface area contributed by atoms with Crippen LogP contribution >= 0.6 is 11.6 Å². The van der Waals surface area contributed by atoms with Crippen molar-refractivity contribution in [3.05, 3.63) is 34.6 Å². The van der Waals surface area contributed by atoms with Crippen molar-refractivity contribution in [2.75, 3.05) is 19.8 Å². The molecule has 1 aliphatic rings. The molecule has 1 N–H and O–H groups in total. The van der Waals surface area contributed by atoms with Crippen molar-refractivity contribution in [1.29, 1.82) is 0 Å². The highest BCUT2D eigenvalue weighted by atomic mass is 35.5. The van der Waals surface area contributed by atoms with Gasteiger partial charge in [-0.1, -0.05) is 23.7 Å². The molecule has 1 aromatic carbocycles. The Kier molecular flexibility index (Phi) is 4.76. The van der Waals surface area contributed by atoms with Gasteiger partial charge in [-0.2, -0.15) is 0 Å². The summed E-state index contributed by atoms with van der Waals surface area (Å²) in [4.78, 5) is 0. The average molecular weight is 290 g/mol. The van der Waals surface area contributed by atoms with Crippen LogP contribution in [0.3, 0.4) is 0 Å². The lowest BCUT2D eigenvalue weighted by Gasteiger charge is -2.30. The van der Waals surface area contributed by atoms with Crippen molar-refractivity contribution in [3.8, 4) is 0 Å². The zero-order valence-electron chi connectivity index (χ0n) is 10.9. The summed E-state index contributed by atoms with van der Waals surface area (Å²) in [7, 11) is 0. The molecule has 1 aromatic rings. The first kappa shape index (κ1) is 14.7. The van der Waals surface area contributed by atoms with E-state index in [0.717, 1.165) is 6.54 Å². The summed E-state index contributed by atoms with van der Waals surface area (Å²) in [5.41, 5.74) is -1.18. The summed E-state index contributed by atoms with van der Waals surface area (Å²) < 4.78 is 33.6. The lowest BCUT2D eigenvalue weighted by Crippen LogP contribution is -2.45. The van der Waals surface area contributed by atoms with E-state index in [1.807, 2.05) is 0 Å². The van der Waals surface area contributed by atoms with Gasteiger partial charge in [-0.25, -0.2) is 8.78 Å². The minimum absolute atomic E-state index is 0.0115. The predicted octanol–water partition coefficient (Wildman–Crippen LogP) is 3.13. The van der Waals surface area contributed by atoms with Crippen LogP contribution in [0.5, 0.6) is 0 Å². The number of nitrogens with one attached hydrogen (secondary N) is 1. The van der Waals surface area contributed by atoms with E-state index in [1.165, 1.54) is 13.0 Å². The molecule has 0 radical (unpaired) electrons. The number of halogens is 3. The second-order valence-corrected chi connectivity index (χ2v) is 5.64. The molecule has 2 rings (SSSR count). The quantitative estimate of drug-likeness (QED) is 0.919. The van der Waals surface area contributed by atoms with Crippen molar-refractivity contribution in [2.24, 2.45) is 0 Å². The molecular weight excluding hydrogens is 272 g/mol. The number of hydrogen-bond donors (Lipinski definition) is 1. The third kappa shape index (κ3) is 4.13. The molecule has 0 amide bonds. The zero-order valence-corrected chi connectivity index (χ0v) is 11.6. The Morgan fingerprint density at radius 3 is 3.00 bits per heavy atom. The highest BCUT2D eigenvalue weighted by molar-refractivity contribution is 6.30. The van der Waals surface area contributed by atoms with Crippen molar-refractivity contribution in [2.45, 2.75) is 31.5 Å². The SMILES string of the molecule is CC(F)(Cc1cccc(Cl)c1F)CC1COCCN1. The minimum Gasteiger partial charge on any atom is -0.379 e. The zero-order chi connectivity index (χ0) is 13.9. The van der Waals surface area contributed by atoms with E-state index in [4.69, 9.17) is 16.3 Å². The largest absolute Gasteiger partial charge is 0.379 e. The number of rotatable bonds is 4. The van der Waals surface area contributed by atoms with Gasteiger partial charge in [-0.05, 0) is 25.0 Å². The van der Waals surface area contributed by atoms with Gasteiger partial charge in [0.25, 0.3) is 0 Å². The molecular formula is C14H18ClF2NO. The maximum absolute atomic E-state index is 14.6. The molecule has 2 atom stereocenters. The predicted molar refractivity (Wildman–Crippen MR) is 71.9 cm³/mol. The maximum atomic E-state index is 14.6. The second-order valence-electron chi connectivity index (χ2n) is 5.23. The molecule has 1 fully saturated rings. The van der Waals surface area contributed by atoms with Crippen molar-refractivity contribution >= 4 is 11.6 Å². The van der Waals surface area contributed by atoms with E-state index >= 15 is 0 Å². The molecule has 106 valence electrons. The lowest BCUT2D eigenvalue weighted by atomic mass is 9.91. The Morgan fingerprint density at radius 2 is 2.32 bits per heavy atom. The topological polar surface area (TPSA) is 21.3 Å². The number of benzene rings is 1. The second kappa shape index (κ2) is 6.16. The Balaban J connectivity index is 2.01. The van der Waals surface area contributed by atoms with Crippen LogP contribution in [-0.2, 0) is 11.2 Å². The summed E-state index contributed by atoms with van der Waals surface area (Å²) >= 11 is 5.70. The Hall–Kier alpha value is -0.710. The number of morpholine rings is 1. The van der Waals surface area contributed by atoms with Gasteiger partial charge in [0.2, 0.25) is 0 Å². The highest BCUT2D eigenvalue weighted by Crippen LogP contribution is 2.27. The van der Waals surface area contributed by atoms with Gasteiger partial charge >= 0.3 is 0 Å². The van der Waals surface area contributed by atoms with E-state index in [2.05, 4.69) is 5.32 Å². The van der Waals surface area contributed by atoms with E-state index in [9.17, 15) is 8.78 Å². The van der Waals surface area contributed by atoms with Crippen LogP contribution in [0.15, 0.2) is 18.2 Å². The van der Waals surface area contributed by atoms with Crippen LogP contribution < -0.4 is 5.32 Å². The van der Waals surface area contributed by atoms with E-state index in [1.54, 1.807) is 12.1 Å². The molecule has 1 heterocycles. The average Bonchev–Trinajstić information content (AvgIpc) is 2.35. The molecule has 0 bridgehead atoms. The summed E-state index contributed by atoms with van der Waals surface area (Å²) in [6, 6.07) is 4.65. The van der Waals surface area contributed by atoms with Crippen molar-refractivity contribution < 1.29 is 13.5 Å². The molecule has 1 saturated heterocycles. The molecule has 0 saturated carbocycles. The maximum Gasteiger partial charge on any atom is 0.145 e. The normalized spacial score (nSPS) is 23.1. The summed E-state index contributed by atoms with van der Waals surface area (Å²) in [5, 5.41) is 3.24. The first-order valence-electron chi connectivity index (χ1n) is 6.41. The first-order valence-corrected chi connectivity index (χ1v) is 6.79. The number of ether oxygens (including phenoxy) is 1. The van der Waals surface area contributed by atoms with E-state index < -0.39 is 11.5 Å². The summed E-state index contributed by atoms with van der Waals surface area (Å²) in [6.07, 6.45) is 0.302. The van der Waals surface area contributed by atoms with Crippen molar-refractivity contribution in [3.63, 3.8) is 0 Å². The smallest absolute Gasteiger partial charge is 0.145 e. The monoisotopic (exact) mass is 289 g/mol. The standard InChI is InChI=1S/C14H18ClF2NO/c1-14(17,8-11-9-19-6-5-18-11)7-10-3-2-4-12(15)13(10)16/h2-4,11,18H,5-9H2,1H3. The molecule has 0 aliphatic carbocycles. The Labute approximate surface area is 117 Å². The van der Waals surface area contributed by atoms with Gasteiger partial charge in [0.15, 0.2) is 0 Å². The molecule has 0 aromatic heterocycles. The fraction of sp³-hybridized carbons (Fsp3) is 0.571. The number of alkyl halides is 1. The molecule has 0 spiro atoms. The fourth-order valence-electron chi connectivity index (χ4n) is 2.42. The molecule has 2 nitrogen and oxygen atoms in total. The fourth-order valence-corrected chi connectivity index (χ4v) is 2.61. The third-order valence-electron chi connectivity index (χ3n) is 3.26. The minimum atomic E-state index is -1.50. The van der Waals surface area contributed by atoms with Gasteiger partial charge < -0.3 is 10.1 Å². The summed E-state index contributed by atoms with van der Waals surface area (Å²) in [5.74, 6) is -0.527. The molecule has 1 aliphatic heterocycles. The van der Waals surface area contributed by atoms with Gasteiger partial charge in [0, 0.05) is 19.0 Å². The van der Waals surface area contributed by atoms with Crippen LogP contribution in [0, 0.1) is 5.82 Å². The van der Waals surface area contributed by atoms with Crippen LogP contribution in [0.1, 0.15) is 18.9 Å². The molecule has 5 heteroatoms. The van der Waals surface area contributed by atoms with Gasteiger partial charge in [-0.3, -0.25) is 0 Å². The lowest BCUT2D eigenvalue weighted by molar-refractivity contribution is 0.0481. The van der Waals surface area contributed by atoms with Gasteiger partial charge in [-0.15, -0.1) is 0 Å². The molecule has 19 heavy (non-hydrogen) atoms. The highest BCUT2D eigenvalue weighted by Gasteiger charge is 2.30. The molecule has 2 unspecified atom stereocenters. The third-order valence-corrected chi connectivity index (χ3v) is 3.55. The number of hydrogen-bond acceptors (Lipinski definition) is 2.